The van der Waals surface area contributed by atoms with E-state index in [9.17, 15) is 4.39 Å². The van der Waals surface area contributed by atoms with E-state index in [-0.39, 0.29) is 16.1 Å². The molecule has 5 heteroatoms. The first-order valence-corrected chi connectivity index (χ1v) is 4.87. The van der Waals surface area contributed by atoms with E-state index in [0.717, 1.165) is 0 Å². The highest BCUT2D eigenvalue weighted by molar-refractivity contribution is 6.33. The summed E-state index contributed by atoms with van der Waals surface area (Å²) in [7, 11) is 0. The van der Waals surface area contributed by atoms with Crippen molar-refractivity contribution in [3.05, 3.63) is 46.5 Å². The summed E-state index contributed by atoms with van der Waals surface area (Å²) in [5, 5.41) is 7.64. The summed E-state index contributed by atoms with van der Waals surface area (Å²) in [6.07, 6.45) is 0. The van der Waals surface area contributed by atoms with Gasteiger partial charge in [0.1, 0.15) is 5.82 Å². The highest BCUT2D eigenvalue weighted by Gasteiger charge is 2.07. The number of rotatable bonds is 1. The normalized spacial score (nSPS) is 10.3. The van der Waals surface area contributed by atoms with E-state index in [4.69, 9.17) is 23.2 Å². The Morgan fingerprint density at radius 1 is 1.07 bits per heavy atom. The van der Waals surface area contributed by atoms with E-state index in [0.29, 0.717) is 11.1 Å². The van der Waals surface area contributed by atoms with Gasteiger partial charge in [-0.2, -0.15) is 0 Å². The zero-order valence-electron chi connectivity index (χ0n) is 7.42. The minimum Gasteiger partial charge on any atom is -0.207 e. The maximum absolute atomic E-state index is 13.0. The largest absolute Gasteiger partial charge is 0.207 e. The van der Waals surface area contributed by atoms with E-state index < -0.39 is 0 Å². The van der Waals surface area contributed by atoms with Crippen LogP contribution in [0.25, 0.3) is 11.1 Å². The first kappa shape index (κ1) is 10.3. The molecule has 0 bridgehead atoms. The maximum atomic E-state index is 13.0. The Morgan fingerprint density at radius 2 is 1.87 bits per heavy atom. The Bertz CT molecular complexity index is 503. The minimum atomic E-state index is -0.337. The quantitative estimate of drug-likeness (QED) is 0.764. The standard InChI is InChI=1S/C10H5Cl2FN2/c11-9-5-8(10(12)15-14-9)6-2-1-3-7(13)4-6/h1-5H. The van der Waals surface area contributed by atoms with Crippen LogP contribution in [0.1, 0.15) is 0 Å². The summed E-state index contributed by atoms with van der Waals surface area (Å²) < 4.78 is 13.0. The topological polar surface area (TPSA) is 25.8 Å². The lowest BCUT2D eigenvalue weighted by Crippen LogP contribution is -1.88. The van der Waals surface area contributed by atoms with Crippen molar-refractivity contribution >= 4 is 23.2 Å². The fourth-order valence-corrected chi connectivity index (χ4v) is 1.56. The molecule has 0 saturated heterocycles. The van der Waals surface area contributed by atoms with E-state index in [2.05, 4.69) is 10.2 Å². The van der Waals surface area contributed by atoms with Gasteiger partial charge < -0.3 is 0 Å². The summed E-state index contributed by atoms with van der Waals surface area (Å²) in [6, 6.07) is 7.58. The van der Waals surface area contributed by atoms with Crippen LogP contribution in [-0.4, -0.2) is 10.2 Å². The molecule has 1 aromatic carbocycles. The van der Waals surface area contributed by atoms with Crippen LogP contribution in [0.2, 0.25) is 10.3 Å². The molecule has 1 aromatic heterocycles. The summed E-state index contributed by atoms with van der Waals surface area (Å²) in [5.41, 5.74) is 1.19. The second-order valence-electron chi connectivity index (χ2n) is 2.88. The van der Waals surface area contributed by atoms with Crippen LogP contribution >= 0.6 is 23.2 Å². The van der Waals surface area contributed by atoms with E-state index in [1.54, 1.807) is 18.2 Å². The van der Waals surface area contributed by atoms with Gasteiger partial charge in [-0.25, -0.2) is 4.39 Å². The predicted octanol–water partition coefficient (Wildman–Crippen LogP) is 3.59. The van der Waals surface area contributed by atoms with Crippen molar-refractivity contribution in [1.82, 2.24) is 10.2 Å². The van der Waals surface area contributed by atoms with E-state index in [1.165, 1.54) is 12.1 Å². The first-order chi connectivity index (χ1) is 7.16. The predicted molar refractivity (Wildman–Crippen MR) is 57.4 cm³/mol. The second-order valence-corrected chi connectivity index (χ2v) is 3.63. The molecule has 0 aliphatic heterocycles. The van der Waals surface area contributed by atoms with Gasteiger partial charge in [-0.15, -0.1) is 10.2 Å². The lowest BCUT2D eigenvalue weighted by molar-refractivity contribution is 0.628. The molecule has 0 fully saturated rings. The van der Waals surface area contributed by atoms with Crippen LogP contribution in [0.15, 0.2) is 30.3 Å². The Morgan fingerprint density at radius 3 is 2.60 bits per heavy atom. The van der Waals surface area contributed by atoms with Gasteiger partial charge in [-0.05, 0) is 23.8 Å². The van der Waals surface area contributed by atoms with Gasteiger partial charge in [-0.3, -0.25) is 0 Å². The molecular formula is C10H5Cl2FN2. The molecule has 1 heterocycles. The molecular weight excluding hydrogens is 238 g/mol. The third-order valence-electron chi connectivity index (χ3n) is 1.85. The van der Waals surface area contributed by atoms with Crippen molar-refractivity contribution in [1.29, 1.82) is 0 Å². The molecule has 0 atom stereocenters. The Labute approximate surface area is 95.7 Å². The van der Waals surface area contributed by atoms with Gasteiger partial charge in [0.2, 0.25) is 0 Å². The number of halogens is 3. The number of hydrogen-bond donors (Lipinski definition) is 0. The fraction of sp³-hybridized carbons (Fsp3) is 0. The highest BCUT2D eigenvalue weighted by atomic mass is 35.5. The average Bonchev–Trinajstić information content (AvgIpc) is 2.22. The molecule has 0 unspecified atom stereocenters. The van der Waals surface area contributed by atoms with Gasteiger partial charge in [0.15, 0.2) is 10.3 Å². The SMILES string of the molecule is Fc1cccc(-c2cc(Cl)nnc2Cl)c1. The fourth-order valence-electron chi connectivity index (χ4n) is 1.21. The van der Waals surface area contributed by atoms with Gasteiger partial charge in [0.05, 0.1) is 0 Å². The molecule has 0 N–H and O–H groups in total. The van der Waals surface area contributed by atoms with E-state index in [1.807, 2.05) is 0 Å². The third-order valence-corrected chi connectivity index (χ3v) is 2.32. The molecule has 2 rings (SSSR count). The average molecular weight is 243 g/mol. The summed E-state index contributed by atoms with van der Waals surface area (Å²) in [4.78, 5) is 0. The summed E-state index contributed by atoms with van der Waals surface area (Å²) >= 11 is 11.5. The number of hydrogen-bond acceptors (Lipinski definition) is 2. The van der Waals surface area contributed by atoms with Crippen LogP contribution in [0.3, 0.4) is 0 Å². The lowest BCUT2D eigenvalue weighted by atomic mass is 10.1. The molecule has 2 nitrogen and oxygen atoms in total. The van der Waals surface area contributed by atoms with Gasteiger partial charge in [0, 0.05) is 5.56 Å². The number of nitrogens with zero attached hydrogens (tertiary/aromatic N) is 2. The molecule has 2 aromatic rings. The molecule has 0 aliphatic rings. The Balaban J connectivity index is 2.58. The number of aromatic nitrogens is 2. The summed E-state index contributed by atoms with van der Waals surface area (Å²) in [5.74, 6) is -0.337. The molecule has 15 heavy (non-hydrogen) atoms. The van der Waals surface area contributed by atoms with Crippen LogP contribution in [-0.2, 0) is 0 Å². The number of benzene rings is 1. The lowest BCUT2D eigenvalue weighted by Gasteiger charge is -2.03. The van der Waals surface area contributed by atoms with Crippen molar-refractivity contribution in [3.63, 3.8) is 0 Å². The Hall–Kier alpha value is -1.19. The van der Waals surface area contributed by atoms with Crippen LogP contribution in [0.4, 0.5) is 4.39 Å². The van der Waals surface area contributed by atoms with Crippen molar-refractivity contribution in [3.8, 4) is 11.1 Å². The molecule has 76 valence electrons. The molecule has 0 radical (unpaired) electrons. The van der Waals surface area contributed by atoms with Crippen LogP contribution < -0.4 is 0 Å². The van der Waals surface area contributed by atoms with Gasteiger partial charge in [0.25, 0.3) is 0 Å². The third kappa shape index (κ3) is 2.25. The highest BCUT2D eigenvalue weighted by Crippen LogP contribution is 2.27. The minimum absolute atomic E-state index is 0.199. The molecule has 0 aliphatic carbocycles. The van der Waals surface area contributed by atoms with Crippen LogP contribution in [0.5, 0.6) is 0 Å². The zero-order chi connectivity index (χ0) is 10.8. The molecule has 0 spiro atoms. The summed E-state index contributed by atoms with van der Waals surface area (Å²) in [6.45, 7) is 0. The molecule has 0 saturated carbocycles. The van der Waals surface area contributed by atoms with Crippen molar-refractivity contribution in [2.75, 3.05) is 0 Å². The van der Waals surface area contributed by atoms with Crippen molar-refractivity contribution in [2.45, 2.75) is 0 Å². The molecule has 0 amide bonds. The second kappa shape index (κ2) is 4.13. The first-order valence-electron chi connectivity index (χ1n) is 4.11. The Kier molecular flexibility index (Phi) is 2.84. The van der Waals surface area contributed by atoms with E-state index >= 15 is 0 Å². The van der Waals surface area contributed by atoms with Gasteiger partial charge >= 0.3 is 0 Å². The van der Waals surface area contributed by atoms with Crippen molar-refractivity contribution < 1.29 is 4.39 Å². The zero-order valence-corrected chi connectivity index (χ0v) is 8.93. The monoisotopic (exact) mass is 242 g/mol. The maximum Gasteiger partial charge on any atom is 0.159 e. The van der Waals surface area contributed by atoms with Crippen molar-refractivity contribution in [2.24, 2.45) is 0 Å². The van der Waals surface area contributed by atoms with Gasteiger partial charge in [-0.1, -0.05) is 35.3 Å². The van der Waals surface area contributed by atoms with Crippen LogP contribution in [0, 0.1) is 5.82 Å². The smallest absolute Gasteiger partial charge is 0.159 e.